The van der Waals surface area contributed by atoms with Crippen molar-refractivity contribution in [2.45, 2.75) is 39.5 Å². The molecule has 1 rings (SSSR count). The lowest BCUT2D eigenvalue weighted by Crippen LogP contribution is -2.48. The quantitative estimate of drug-likeness (QED) is 0.898. The molecule has 0 aliphatic heterocycles. The molecule has 0 spiro atoms. The largest absolute Gasteiger partial charge is 0.416 e. The summed E-state index contributed by atoms with van der Waals surface area (Å²) < 4.78 is 38.3. The van der Waals surface area contributed by atoms with Crippen LogP contribution in [0.5, 0.6) is 0 Å². The van der Waals surface area contributed by atoms with Crippen molar-refractivity contribution in [3.05, 3.63) is 35.4 Å². The summed E-state index contributed by atoms with van der Waals surface area (Å²) in [6.07, 6.45) is -4.44. The highest BCUT2D eigenvalue weighted by molar-refractivity contribution is 5.82. The highest BCUT2D eigenvalue weighted by Crippen LogP contribution is 2.31. The second kappa shape index (κ2) is 5.83. The minimum atomic E-state index is -4.44. The molecule has 0 heterocycles. The van der Waals surface area contributed by atoms with Gasteiger partial charge in [-0.05, 0) is 17.0 Å². The van der Waals surface area contributed by atoms with Gasteiger partial charge in [0.2, 0.25) is 5.91 Å². The summed E-state index contributed by atoms with van der Waals surface area (Å²) in [4.78, 5) is 11.8. The van der Waals surface area contributed by atoms with Gasteiger partial charge in [0.1, 0.15) is 0 Å². The van der Waals surface area contributed by atoms with E-state index in [2.05, 4.69) is 5.32 Å². The normalized spacial score (nSPS) is 13.9. The second-order valence-electron chi connectivity index (χ2n) is 5.72. The first-order valence-electron chi connectivity index (χ1n) is 6.22. The summed E-state index contributed by atoms with van der Waals surface area (Å²) in [5.41, 5.74) is 4.57. The Balaban J connectivity index is 2.79. The first-order chi connectivity index (χ1) is 9.03. The van der Waals surface area contributed by atoms with Gasteiger partial charge in [-0.25, -0.2) is 0 Å². The Bertz CT molecular complexity index is 478. The maximum atomic E-state index is 12.8. The summed E-state index contributed by atoms with van der Waals surface area (Å²) in [6.45, 7) is 5.18. The van der Waals surface area contributed by atoms with Crippen molar-refractivity contribution in [1.29, 1.82) is 0 Å². The van der Waals surface area contributed by atoms with E-state index in [-0.39, 0.29) is 12.1 Å². The van der Waals surface area contributed by atoms with E-state index in [1.165, 1.54) is 18.2 Å². The predicted molar refractivity (Wildman–Crippen MR) is 70.7 cm³/mol. The Hall–Kier alpha value is -1.56. The molecular formula is C14H19F3N2O. The van der Waals surface area contributed by atoms with Gasteiger partial charge in [0.05, 0.1) is 11.6 Å². The molecule has 6 heteroatoms. The molecule has 0 saturated carbocycles. The van der Waals surface area contributed by atoms with Crippen molar-refractivity contribution in [2.24, 2.45) is 11.1 Å². The van der Waals surface area contributed by atoms with Gasteiger partial charge in [-0.2, -0.15) is 13.2 Å². The van der Waals surface area contributed by atoms with Crippen LogP contribution in [0.1, 0.15) is 31.9 Å². The summed E-state index contributed by atoms with van der Waals surface area (Å²) in [7, 11) is 0. The molecular weight excluding hydrogens is 269 g/mol. The average molecular weight is 288 g/mol. The molecule has 0 radical (unpaired) electrons. The van der Waals surface area contributed by atoms with Crippen LogP contribution in [-0.2, 0) is 17.5 Å². The maximum absolute atomic E-state index is 12.8. The van der Waals surface area contributed by atoms with Gasteiger partial charge in [0.25, 0.3) is 0 Å². The summed E-state index contributed by atoms with van der Waals surface area (Å²) in [6, 6.07) is 4.37. The Kier molecular flexibility index (Phi) is 4.81. The first kappa shape index (κ1) is 16.5. The Morgan fingerprint density at radius 1 is 1.25 bits per heavy atom. The van der Waals surface area contributed by atoms with Crippen LogP contribution in [0.15, 0.2) is 24.3 Å². The molecule has 0 saturated heterocycles. The zero-order valence-corrected chi connectivity index (χ0v) is 11.7. The Morgan fingerprint density at radius 3 is 2.30 bits per heavy atom. The van der Waals surface area contributed by atoms with Crippen molar-refractivity contribution < 1.29 is 18.0 Å². The molecule has 0 fully saturated rings. The number of amides is 1. The number of carbonyl (C=O) groups excluding carboxylic acids is 1. The van der Waals surface area contributed by atoms with Crippen molar-refractivity contribution >= 4 is 5.91 Å². The minimum absolute atomic E-state index is 0.0226. The third-order valence-corrected chi connectivity index (χ3v) is 2.99. The third-order valence-electron chi connectivity index (χ3n) is 2.99. The molecule has 1 aromatic carbocycles. The van der Waals surface area contributed by atoms with Crippen molar-refractivity contribution in [2.75, 3.05) is 0 Å². The lowest BCUT2D eigenvalue weighted by atomic mass is 9.87. The highest BCUT2D eigenvalue weighted by atomic mass is 19.4. The predicted octanol–water partition coefficient (Wildman–Crippen LogP) is 2.70. The molecule has 0 aromatic heterocycles. The number of hydrogen-bond donors (Lipinski definition) is 2. The number of rotatable bonds is 3. The van der Waals surface area contributed by atoms with Crippen LogP contribution in [0.4, 0.5) is 13.2 Å². The van der Waals surface area contributed by atoms with Crippen molar-refractivity contribution in [3.8, 4) is 0 Å². The summed E-state index contributed by atoms with van der Waals surface area (Å²) >= 11 is 0. The van der Waals surface area contributed by atoms with E-state index in [0.717, 1.165) is 6.07 Å². The van der Waals surface area contributed by atoms with Gasteiger partial charge in [0.15, 0.2) is 0 Å². The summed E-state index contributed by atoms with van der Waals surface area (Å²) in [5, 5.41) is 2.45. The van der Waals surface area contributed by atoms with Crippen LogP contribution in [0.3, 0.4) is 0 Å². The average Bonchev–Trinajstić information content (AvgIpc) is 2.33. The van der Waals surface area contributed by atoms with Crippen molar-refractivity contribution in [3.63, 3.8) is 0 Å². The number of carbonyl (C=O) groups is 1. The van der Waals surface area contributed by atoms with E-state index in [9.17, 15) is 18.0 Å². The molecule has 3 nitrogen and oxygen atoms in total. The topological polar surface area (TPSA) is 55.1 Å². The SMILES string of the molecule is CC(C)(C)[C@H](N)C(=O)NCc1ccccc1C(F)(F)F. The number of hydrogen-bond acceptors (Lipinski definition) is 2. The lowest BCUT2D eigenvalue weighted by molar-refractivity contribution is -0.138. The van der Waals surface area contributed by atoms with E-state index in [1.807, 2.05) is 0 Å². The molecule has 1 amide bonds. The molecule has 0 unspecified atom stereocenters. The van der Waals surface area contributed by atoms with Crippen LogP contribution in [0.25, 0.3) is 0 Å². The highest BCUT2D eigenvalue weighted by Gasteiger charge is 2.33. The fourth-order valence-electron chi connectivity index (χ4n) is 1.64. The molecule has 1 atom stereocenters. The smallest absolute Gasteiger partial charge is 0.351 e. The van der Waals surface area contributed by atoms with Gasteiger partial charge in [-0.1, -0.05) is 39.0 Å². The third kappa shape index (κ3) is 4.23. The second-order valence-corrected chi connectivity index (χ2v) is 5.72. The molecule has 1 aromatic rings. The molecule has 112 valence electrons. The van der Waals surface area contributed by atoms with E-state index >= 15 is 0 Å². The zero-order valence-electron chi connectivity index (χ0n) is 11.7. The number of nitrogens with two attached hydrogens (primary N) is 1. The number of alkyl halides is 3. The molecule has 0 bridgehead atoms. The molecule has 20 heavy (non-hydrogen) atoms. The van der Waals surface area contributed by atoms with E-state index in [4.69, 9.17) is 5.73 Å². The Labute approximate surface area is 116 Å². The minimum Gasteiger partial charge on any atom is -0.351 e. The van der Waals surface area contributed by atoms with Crippen LogP contribution in [0.2, 0.25) is 0 Å². The summed E-state index contributed by atoms with van der Waals surface area (Å²) in [5.74, 6) is -0.463. The number of benzene rings is 1. The van der Waals surface area contributed by atoms with Gasteiger partial charge in [-0.3, -0.25) is 4.79 Å². The van der Waals surface area contributed by atoms with E-state index < -0.39 is 29.1 Å². The molecule has 3 N–H and O–H groups in total. The number of nitrogens with one attached hydrogen (secondary N) is 1. The lowest BCUT2D eigenvalue weighted by Gasteiger charge is -2.26. The first-order valence-corrected chi connectivity index (χ1v) is 6.22. The maximum Gasteiger partial charge on any atom is 0.416 e. The molecule has 0 aliphatic carbocycles. The van der Waals surface area contributed by atoms with Gasteiger partial charge < -0.3 is 11.1 Å². The monoisotopic (exact) mass is 288 g/mol. The standard InChI is InChI=1S/C14H19F3N2O/c1-13(2,3)11(18)12(20)19-8-9-6-4-5-7-10(9)14(15,16)17/h4-7,11H,8,18H2,1-3H3,(H,19,20)/t11-/m1/s1. The van der Waals surface area contributed by atoms with Gasteiger partial charge in [-0.15, -0.1) is 0 Å². The number of halogens is 3. The van der Waals surface area contributed by atoms with Crippen LogP contribution in [-0.4, -0.2) is 11.9 Å². The fraction of sp³-hybridized carbons (Fsp3) is 0.500. The van der Waals surface area contributed by atoms with Crippen LogP contribution >= 0.6 is 0 Å². The van der Waals surface area contributed by atoms with E-state index in [0.29, 0.717) is 0 Å². The Morgan fingerprint density at radius 2 is 1.80 bits per heavy atom. The van der Waals surface area contributed by atoms with Crippen molar-refractivity contribution in [1.82, 2.24) is 5.32 Å². The van der Waals surface area contributed by atoms with Gasteiger partial charge >= 0.3 is 6.18 Å². The van der Waals surface area contributed by atoms with E-state index in [1.54, 1.807) is 20.8 Å². The zero-order chi connectivity index (χ0) is 15.6. The van der Waals surface area contributed by atoms with Gasteiger partial charge in [0, 0.05) is 6.54 Å². The van der Waals surface area contributed by atoms with Crippen LogP contribution in [0, 0.1) is 5.41 Å². The fourth-order valence-corrected chi connectivity index (χ4v) is 1.64. The van der Waals surface area contributed by atoms with Crippen LogP contribution < -0.4 is 11.1 Å². The molecule has 0 aliphatic rings.